The summed E-state index contributed by atoms with van der Waals surface area (Å²) in [5.74, 6) is 0. The van der Waals surface area contributed by atoms with Crippen molar-refractivity contribution in [1.82, 2.24) is 9.88 Å². The normalized spacial score (nSPS) is 17.1. The van der Waals surface area contributed by atoms with Crippen molar-refractivity contribution in [2.24, 2.45) is 0 Å². The molecule has 3 aromatic rings. The van der Waals surface area contributed by atoms with Gasteiger partial charge in [0.15, 0.2) is 0 Å². The molecule has 7 heteroatoms. The number of aromatic nitrogens is 1. The molecule has 1 aliphatic rings. The molecule has 1 aromatic heterocycles. The molecule has 5 nitrogen and oxygen atoms in total. The third-order valence-corrected chi connectivity index (χ3v) is 7.00. The second-order valence-electron chi connectivity index (χ2n) is 7.19. The van der Waals surface area contributed by atoms with Gasteiger partial charge in [0, 0.05) is 30.7 Å². The Bertz CT molecular complexity index is 1070. The number of likely N-dealkylation sites (N-methyl/N-ethyl adjacent to an activating group) is 1. The summed E-state index contributed by atoms with van der Waals surface area (Å²) < 4.78 is 25.8. The molecule has 0 unspecified atom stereocenters. The van der Waals surface area contributed by atoms with Crippen molar-refractivity contribution in [2.45, 2.75) is 22.3 Å². The van der Waals surface area contributed by atoms with Crippen LogP contribution in [0.25, 0.3) is 10.9 Å². The highest BCUT2D eigenvalue weighted by atomic mass is 35.5. The Morgan fingerprint density at radius 1 is 1.04 bits per heavy atom. The lowest BCUT2D eigenvalue weighted by molar-refractivity contribution is 0.315. The number of benzene rings is 2. The van der Waals surface area contributed by atoms with Crippen LogP contribution in [0.5, 0.6) is 0 Å². The lowest BCUT2D eigenvalue weighted by atomic mass is 10.2. The molecule has 1 saturated heterocycles. The minimum Gasteiger partial charge on any atom is -0.368 e. The van der Waals surface area contributed by atoms with E-state index in [0.717, 1.165) is 36.1 Å². The van der Waals surface area contributed by atoms with Crippen LogP contribution in [0.2, 0.25) is 0 Å². The quantitative estimate of drug-likeness (QED) is 0.648. The molecule has 0 bridgehead atoms. The molecule has 0 N–H and O–H groups in total. The third kappa shape index (κ3) is 3.72. The summed E-state index contributed by atoms with van der Waals surface area (Å²) in [4.78, 5) is 9.66. The maximum absolute atomic E-state index is 12.9. The number of nitrogens with zero attached hydrogens (tertiary/aromatic N) is 3. The van der Waals surface area contributed by atoms with E-state index in [4.69, 9.17) is 0 Å². The highest BCUT2D eigenvalue weighted by Gasteiger charge is 2.26. The third-order valence-electron chi connectivity index (χ3n) is 5.26. The first-order valence-electron chi connectivity index (χ1n) is 9.07. The van der Waals surface area contributed by atoms with E-state index in [-0.39, 0.29) is 22.2 Å². The molecule has 1 aliphatic heterocycles. The van der Waals surface area contributed by atoms with Crippen molar-refractivity contribution in [3.63, 3.8) is 0 Å². The van der Waals surface area contributed by atoms with E-state index in [1.165, 1.54) is 6.20 Å². The summed E-state index contributed by atoms with van der Waals surface area (Å²) in [5.41, 5.74) is 1.92. The molecule has 0 amide bonds. The van der Waals surface area contributed by atoms with Gasteiger partial charge in [-0.1, -0.05) is 30.3 Å². The number of pyridine rings is 1. The van der Waals surface area contributed by atoms with Crippen LogP contribution >= 0.6 is 12.4 Å². The maximum Gasteiger partial charge on any atom is 0.208 e. The predicted molar refractivity (Wildman–Crippen MR) is 115 cm³/mol. The molecule has 1 atom stereocenters. The molecule has 28 heavy (non-hydrogen) atoms. The number of hydrogen-bond acceptors (Lipinski definition) is 5. The van der Waals surface area contributed by atoms with E-state index in [9.17, 15) is 8.42 Å². The van der Waals surface area contributed by atoms with Crippen molar-refractivity contribution in [2.75, 3.05) is 32.1 Å². The average molecular weight is 418 g/mol. The van der Waals surface area contributed by atoms with Gasteiger partial charge in [-0.3, -0.25) is 4.98 Å². The van der Waals surface area contributed by atoms with E-state index >= 15 is 0 Å². The Labute approximate surface area is 172 Å². The molecule has 1 fully saturated rings. The number of halogens is 1. The lowest BCUT2D eigenvalue weighted by Gasteiger charge is -2.22. The first kappa shape index (κ1) is 20.6. The van der Waals surface area contributed by atoms with Crippen LogP contribution in [0.1, 0.15) is 6.42 Å². The molecular weight excluding hydrogens is 394 g/mol. The summed E-state index contributed by atoms with van der Waals surface area (Å²) in [7, 11) is 0.650. The van der Waals surface area contributed by atoms with Gasteiger partial charge < -0.3 is 9.80 Å². The van der Waals surface area contributed by atoms with Gasteiger partial charge in [0.05, 0.1) is 21.0 Å². The fourth-order valence-corrected chi connectivity index (χ4v) is 4.91. The summed E-state index contributed by atoms with van der Waals surface area (Å²) in [5, 5.41) is 0.845. The smallest absolute Gasteiger partial charge is 0.208 e. The summed E-state index contributed by atoms with van der Waals surface area (Å²) in [6, 6.07) is 16.7. The van der Waals surface area contributed by atoms with E-state index in [1.807, 2.05) is 12.1 Å². The van der Waals surface area contributed by atoms with Crippen LogP contribution in [-0.4, -0.2) is 51.5 Å². The topological polar surface area (TPSA) is 53.5 Å². The molecular formula is C21H24ClN3O2S. The van der Waals surface area contributed by atoms with Gasteiger partial charge in [0.25, 0.3) is 0 Å². The molecule has 2 aromatic carbocycles. The van der Waals surface area contributed by atoms with Gasteiger partial charge in [-0.05, 0) is 44.8 Å². The number of fused-ring (bicyclic) bond motifs is 1. The summed E-state index contributed by atoms with van der Waals surface area (Å²) >= 11 is 0. The fourth-order valence-electron chi connectivity index (χ4n) is 3.64. The van der Waals surface area contributed by atoms with E-state index in [1.54, 1.807) is 36.4 Å². The van der Waals surface area contributed by atoms with Crippen LogP contribution in [-0.2, 0) is 9.84 Å². The highest BCUT2D eigenvalue weighted by molar-refractivity contribution is 7.91. The Morgan fingerprint density at radius 3 is 2.46 bits per heavy atom. The average Bonchev–Trinajstić information content (AvgIpc) is 3.18. The van der Waals surface area contributed by atoms with Gasteiger partial charge in [-0.25, -0.2) is 8.42 Å². The van der Waals surface area contributed by atoms with Gasteiger partial charge in [0.1, 0.15) is 0 Å². The number of sulfone groups is 1. The van der Waals surface area contributed by atoms with E-state index < -0.39 is 9.84 Å². The predicted octanol–water partition coefficient (Wildman–Crippen LogP) is 3.63. The number of para-hydroxylation sites is 1. The van der Waals surface area contributed by atoms with Crippen LogP contribution in [0.4, 0.5) is 5.69 Å². The van der Waals surface area contributed by atoms with Gasteiger partial charge in [-0.2, -0.15) is 0 Å². The highest BCUT2D eigenvalue weighted by Crippen LogP contribution is 2.31. The van der Waals surface area contributed by atoms with E-state index in [2.05, 4.69) is 34.9 Å². The second kappa shape index (κ2) is 8.07. The van der Waals surface area contributed by atoms with Crippen molar-refractivity contribution in [3.8, 4) is 0 Å². The lowest BCUT2D eigenvalue weighted by Crippen LogP contribution is -2.31. The van der Waals surface area contributed by atoms with Crippen LogP contribution in [0.15, 0.2) is 70.6 Å². The molecule has 148 valence electrons. The molecule has 0 saturated carbocycles. The standard InChI is InChI=1S/C21H23N3O2S.ClH/c1-23(2)17-11-12-24(15-17)20-10-6-7-16-13-19(14-22-21(16)20)27(25,26)18-8-4-3-5-9-18;/h3-10,13-14,17H,11-12,15H2,1-2H3;1H/t17-;/m1./s1. The van der Waals surface area contributed by atoms with Gasteiger partial charge in [-0.15, -0.1) is 12.4 Å². The van der Waals surface area contributed by atoms with Crippen molar-refractivity contribution >= 4 is 38.8 Å². The first-order chi connectivity index (χ1) is 13.0. The number of rotatable bonds is 4. The zero-order valence-corrected chi connectivity index (χ0v) is 17.6. The molecule has 2 heterocycles. The Hall–Kier alpha value is -2.15. The van der Waals surface area contributed by atoms with Crippen LogP contribution < -0.4 is 4.90 Å². The summed E-state index contributed by atoms with van der Waals surface area (Å²) in [6.07, 6.45) is 2.59. The van der Waals surface area contributed by atoms with Crippen LogP contribution in [0.3, 0.4) is 0 Å². The first-order valence-corrected chi connectivity index (χ1v) is 10.6. The van der Waals surface area contributed by atoms with Gasteiger partial charge in [0.2, 0.25) is 9.84 Å². The SMILES string of the molecule is CN(C)[C@@H]1CCN(c2cccc3cc(S(=O)(=O)c4ccccc4)cnc23)C1.Cl. The molecule has 0 aliphatic carbocycles. The van der Waals surface area contributed by atoms with Crippen molar-refractivity contribution in [1.29, 1.82) is 0 Å². The molecule has 0 spiro atoms. The largest absolute Gasteiger partial charge is 0.368 e. The van der Waals surface area contributed by atoms with Crippen LogP contribution in [0, 0.1) is 0 Å². The van der Waals surface area contributed by atoms with Crippen molar-refractivity contribution in [3.05, 3.63) is 60.8 Å². The Morgan fingerprint density at radius 2 is 1.79 bits per heavy atom. The minimum atomic E-state index is -3.57. The zero-order chi connectivity index (χ0) is 19.0. The maximum atomic E-state index is 12.9. The number of hydrogen-bond donors (Lipinski definition) is 0. The monoisotopic (exact) mass is 417 g/mol. The fraction of sp³-hybridized carbons (Fsp3) is 0.286. The molecule has 0 radical (unpaired) electrons. The zero-order valence-electron chi connectivity index (χ0n) is 15.9. The minimum absolute atomic E-state index is 0. The van der Waals surface area contributed by atoms with E-state index in [0.29, 0.717) is 6.04 Å². The molecule has 4 rings (SSSR count). The Kier molecular flexibility index (Phi) is 5.93. The van der Waals surface area contributed by atoms with Gasteiger partial charge >= 0.3 is 0 Å². The number of anilines is 1. The second-order valence-corrected chi connectivity index (χ2v) is 9.14. The van der Waals surface area contributed by atoms with Crippen molar-refractivity contribution < 1.29 is 8.42 Å². The summed E-state index contributed by atoms with van der Waals surface area (Å²) in [6.45, 7) is 1.94. The Balaban J connectivity index is 0.00000225.